The predicted octanol–water partition coefficient (Wildman–Crippen LogP) is 1.58. The zero-order valence-corrected chi connectivity index (χ0v) is 9.84. The molecule has 0 atom stereocenters. The van der Waals surface area contributed by atoms with E-state index in [-0.39, 0.29) is 11.2 Å². The van der Waals surface area contributed by atoms with Crippen molar-refractivity contribution in [2.24, 2.45) is 0 Å². The van der Waals surface area contributed by atoms with E-state index in [4.69, 9.17) is 5.73 Å². The lowest BCUT2D eigenvalue weighted by atomic mass is 10.1. The highest BCUT2D eigenvalue weighted by Gasteiger charge is 2.08. The zero-order chi connectivity index (χ0) is 12.7. The van der Waals surface area contributed by atoms with Crippen molar-refractivity contribution in [3.63, 3.8) is 0 Å². The number of hydrogen-bond acceptors (Lipinski definition) is 3. The molecule has 0 aliphatic rings. The van der Waals surface area contributed by atoms with E-state index in [0.717, 1.165) is 16.8 Å². The van der Waals surface area contributed by atoms with Crippen molar-refractivity contribution in [1.82, 2.24) is 14.6 Å². The van der Waals surface area contributed by atoms with Crippen molar-refractivity contribution in [3.8, 4) is 11.3 Å². The fourth-order valence-corrected chi connectivity index (χ4v) is 1.99. The molecule has 3 aromatic rings. The average Bonchev–Trinajstić information content (AvgIpc) is 2.79. The van der Waals surface area contributed by atoms with Crippen LogP contribution in [0.2, 0.25) is 0 Å². The Hall–Kier alpha value is -2.56. The number of nitrogens with zero attached hydrogens (tertiary/aromatic N) is 2. The van der Waals surface area contributed by atoms with Gasteiger partial charge in [0.15, 0.2) is 5.65 Å². The highest BCUT2D eigenvalue weighted by molar-refractivity contribution is 5.67. The molecular formula is C13H12N4O. The lowest BCUT2D eigenvalue weighted by Gasteiger charge is -2.01. The van der Waals surface area contributed by atoms with E-state index in [1.165, 1.54) is 10.7 Å². The smallest absolute Gasteiger partial charge is 0.295 e. The number of rotatable bonds is 1. The van der Waals surface area contributed by atoms with Crippen molar-refractivity contribution < 1.29 is 0 Å². The minimum absolute atomic E-state index is 0.130. The lowest BCUT2D eigenvalue weighted by Crippen LogP contribution is -2.18. The Bertz CT molecular complexity index is 785. The van der Waals surface area contributed by atoms with Crippen LogP contribution in [0.25, 0.3) is 16.9 Å². The van der Waals surface area contributed by atoms with Crippen LogP contribution in [0.3, 0.4) is 0 Å². The number of fused-ring (bicyclic) bond motifs is 1. The number of anilines is 1. The van der Waals surface area contributed by atoms with Crippen LogP contribution in [0.5, 0.6) is 0 Å². The van der Waals surface area contributed by atoms with Gasteiger partial charge in [0.25, 0.3) is 5.56 Å². The number of nitrogens with one attached hydrogen (secondary N) is 1. The number of benzene rings is 1. The van der Waals surface area contributed by atoms with Gasteiger partial charge in [0, 0.05) is 11.6 Å². The summed E-state index contributed by atoms with van der Waals surface area (Å²) in [4.78, 5) is 15.9. The molecule has 18 heavy (non-hydrogen) atoms. The Kier molecular flexibility index (Phi) is 2.19. The molecule has 5 heteroatoms. The monoisotopic (exact) mass is 240 g/mol. The minimum atomic E-state index is -0.278. The maximum Gasteiger partial charge on any atom is 0.295 e. The summed E-state index contributed by atoms with van der Waals surface area (Å²) in [6, 6.07) is 9.78. The second kappa shape index (κ2) is 3.73. The van der Waals surface area contributed by atoms with Gasteiger partial charge in [-0.15, -0.1) is 0 Å². The van der Waals surface area contributed by atoms with E-state index >= 15 is 0 Å². The summed E-state index contributed by atoms with van der Waals surface area (Å²) < 4.78 is 1.36. The van der Waals surface area contributed by atoms with E-state index in [9.17, 15) is 4.79 Å². The molecule has 0 unspecified atom stereocenters. The first-order valence-electron chi connectivity index (χ1n) is 5.59. The van der Waals surface area contributed by atoms with E-state index in [1.807, 2.05) is 37.3 Å². The first kappa shape index (κ1) is 10.6. The molecule has 5 nitrogen and oxygen atoms in total. The molecule has 3 N–H and O–H groups in total. The van der Waals surface area contributed by atoms with Crippen molar-refractivity contribution >= 4 is 11.3 Å². The van der Waals surface area contributed by atoms with Crippen molar-refractivity contribution in [2.45, 2.75) is 6.92 Å². The standard InChI is InChI=1S/C13H12N4O/c1-8-4-2-3-5-9(8)11-6-12-15-7-10(14)13(18)17(12)16-11/h2-7,16H,14H2,1H3. The Morgan fingerprint density at radius 2 is 2.11 bits per heavy atom. The molecule has 2 heterocycles. The summed E-state index contributed by atoms with van der Waals surface area (Å²) in [5, 5.41) is 3.02. The number of aromatic nitrogens is 3. The molecule has 2 aromatic heterocycles. The van der Waals surface area contributed by atoms with Gasteiger partial charge in [0.1, 0.15) is 5.69 Å². The quantitative estimate of drug-likeness (QED) is 0.678. The topological polar surface area (TPSA) is 76.2 Å². The largest absolute Gasteiger partial charge is 0.393 e. The number of nitrogens with two attached hydrogens (primary N) is 1. The van der Waals surface area contributed by atoms with Gasteiger partial charge in [-0.1, -0.05) is 24.3 Å². The Labute approximate surface area is 103 Å². The van der Waals surface area contributed by atoms with E-state index < -0.39 is 0 Å². The minimum Gasteiger partial charge on any atom is -0.393 e. The van der Waals surface area contributed by atoms with Crippen LogP contribution < -0.4 is 11.3 Å². The fourth-order valence-electron chi connectivity index (χ4n) is 1.99. The molecule has 0 spiro atoms. The molecule has 3 rings (SSSR count). The normalized spacial score (nSPS) is 10.9. The van der Waals surface area contributed by atoms with E-state index in [1.54, 1.807) is 0 Å². The molecule has 1 aromatic carbocycles. The summed E-state index contributed by atoms with van der Waals surface area (Å²) >= 11 is 0. The third-order valence-corrected chi connectivity index (χ3v) is 2.96. The van der Waals surface area contributed by atoms with Crippen LogP contribution in [0.4, 0.5) is 5.69 Å². The third kappa shape index (κ3) is 1.48. The van der Waals surface area contributed by atoms with Crippen molar-refractivity contribution in [1.29, 1.82) is 0 Å². The van der Waals surface area contributed by atoms with Gasteiger partial charge in [0.2, 0.25) is 0 Å². The molecule has 0 saturated heterocycles. The first-order valence-corrected chi connectivity index (χ1v) is 5.59. The Morgan fingerprint density at radius 1 is 1.33 bits per heavy atom. The molecule has 0 amide bonds. The van der Waals surface area contributed by atoms with Crippen molar-refractivity contribution in [2.75, 3.05) is 5.73 Å². The molecule has 90 valence electrons. The number of nitrogen functional groups attached to an aromatic ring is 1. The zero-order valence-electron chi connectivity index (χ0n) is 9.84. The van der Waals surface area contributed by atoms with Gasteiger partial charge < -0.3 is 5.73 Å². The fraction of sp³-hybridized carbons (Fsp3) is 0.0769. The molecular weight excluding hydrogens is 228 g/mol. The van der Waals surface area contributed by atoms with Crippen LogP contribution in [-0.4, -0.2) is 14.6 Å². The summed E-state index contributed by atoms with van der Waals surface area (Å²) in [6.07, 6.45) is 1.38. The van der Waals surface area contributed by atoms with Gasteiger partial charge in [-0.2, -0.15) is 4.52 Å². The van der Waals surface area contributed by atoms with Gasteiger partial charge in [-0.05, 0) is 12.5 Å². The molecule has 0 aliphatic carbocycles. The van der Waals surface area contributed by atoms with Crippen LogP contribution in [-0.2, 0) is 0 Å². The molecule has 0 saturated carbocycles. The second-order valence-electron chi connectivity index (χ2n) is 4.20. The maximum atomic E-state index is 11.8. The summed E-state index contributed by atoms with van der Waals surface area (Å²) in [5.41, 5.74) is 8.99. The van der Waals surface area contributed by atoms with E-state index in [2.05, 4.69) is 10.1 Å². The third-order valence-electron chi connectivity index (χ3n) is 2.96. The number of aryl methyl sites for hydroxylation is 1. The summed E-state index contributed by atoms with van der Waals surface area (Å²) in [6.45, 7) is 2.02. The highest BCUT2D eigenvalue weighted by Crippen LogP contribution is 2.21. The van der Waals surface area contributed by atoms with Crippen LogP contribution in [0, 0.1) is 6.92 Å². The van der Waals surface area contributed by atoms with Gasteiger partial charge in [-0.3, -0.25) is 9.89 Å². The van der Waals surface area contributed by atoms with Crippen molar-refractivity contribution in [3.05, 3.63) is 52.4 Å². The van der Waals surface area contributed by atoms with Crippen LogP contribution >= 0.6 is 0 Å². The second-order valence-corrected chi connectivity index (χ2v) is 4.20. The highest BCUT2D eigenvalue weighted by atomic mass is 16.1. The van der Waals surface area contributed by atoms with Gasteiger partial charge in [0.05, 0.1) is 11.9 Å². The number of hydrogen-bond donors (Lipinski definition) is 2. The SMILES string of the molecule is Cc1ccccc1-c1cc2ncc(N)c(=O)n2[nH]1. The van der Waals surface area contributed by atoms with Gasteiger partial charge in [-0.25, -0.2) is 4.98 Å². The van der Waals surface area contributed by atoms with Crippen LogP contribution in [0.1, 0.15) is 5.56 Å². The molecule has 0 bridgehead atoms. The Morgan fingerprint density at radius 3 is 2.89 bits per heavy atom. The predicted molar refractivity (Wildman–Crippen MR) is 70.4 cm³/mol. The molecule has 0 radical (unpaired) electrons. The number of H-pyrrole nitrogens is 1. The Balaban J connectivity index is 2.30. The summed E-state index contributed by atoms with van der Waals surface area (Å²) in [5.74, 6) is 0. The average molecular weight is 240 g/mol. The summed E-state index contributed by atoms with van der Waals surface area (Å²) in [7, 11) is 0. The van der Waals surface area contributed by atoms with Gasteiger partial charge >= 0.3 is 0 Å². The number of aromatic amines is 1. The van der Waals surface area contributed by atoms with E-state index in [0.29, 0.717) is 5.65 Å². The maximum absolute atomic E-state index is 11.8. The van der Waals surface area contributed by atoms with Crippen LogP contribution in [0.15, 0.2) is 41.3 Å². The molecule has 0 aliphatic heterocycles. The first-order chi connectivity index (χ1) is 8.66. The molecule has 0 fully saturated rings. The lowest BCUT2D eigenvalue weighted by molar-refractivity contribution is 0.906.